The number of nitro groups is 1. The molecule has 4 rings (SSSR count). The van der Waals surface area contributed by atoms with Gasteiger partial charge in [0.05, 0.1) is 23.3 Å². The van der Waals surface area contributed by atoms with Gasteiger partial charge in [-0.05, 0) is 43.0 Å². The number of halogens is 1. The molecule has 0 saturated heterocycles. The first-order valence-corrected chi connectivity index (χ1v) is 8.98. The average molecular weight is 401 g/mol. The quantitative estimate of drug-likeness (QED) is 0.510. The van der Waals surface area contributed by atoms with E-state index in [2.05, 4.69) is 38.5 Å². The Balaban J connectivity index is 1.61. The van der Waals surface area contributed by atoms with Crippen LogP contribution >= 0.6 is 15.9 Å². The normalized spacial score (nSPS) is 15.9. The van der Waals surface area contributed by atoms with Gasteiger partial charge in [-0.1, -0.05) is 28.1 Å². The zero-order valence-corrected chi connectivity index (χ0v) is 15.1. The maximum Gasteiger partial charge on any atom is 0.271 e. The van der Waals surface area contributed by atoms with Gasteiger partial charge >= 0.3 is 0 Å². The number of rotatable bonds is 5. The maximum absolute atomic E-state index is 11.0. The molecule has 1 N–H and O–H groups in total. The first-order chi connectivity index (χ1) is 12.1. The van der Waals surface area contributed by atoms with Gasteiger partial charge in [0, 0.05) is 27.5 Å². The molecule has 0 unspecified atom stereocenters. The summed E-state index contributed by atoms with van der Waals surface area (Å²) in [7, 11) is 0. The minimum absolute atomic E-state index is 0.0528. The van der Waals surface area contributed by atoms with Crippen LogP contribution in [0.25, 0.3) is 10.9 Å². The second-order valence-electron chi connectivity index (χ2n) is 6.43. The van der Waals surface area contributed by atoms with E-state index >= 15 is 0 Å². The van der Waals surface area contributed by atoms with E-state index in [1.165, 1.54) is 18.1 Å². The number of nitrogens with zero attached hydrogens (tertiary/aromatic N) is 3. The molecule has 0 bridgehead atoms. The largest absolute Gasteiger partial charge is 0.289 e. The summed E-state index contributed by atoms with van der Waals surface area (Å²) in [6, 6.07) is 13.2. The standard InChI is InChI=1S/C18H17BrN4O2/c19-15-4-1-3-14(9-15)18(7-2-8-18)20-12-22-17-10-16(23(24)25)6-5-13(17)11-21-22/h1,3-6,9-11,20H,2,7-8,12H2. The van der Waals surface area contributed by atoms with E-state index in [-0.39, 0.29) is 16.1 Å². The SMILES string of the molecule is O=[N+]([O-])c1ccc2cnn(CNC3(c4cccc(Br)c4)CCC3)c2c1. The first kappa shape index (κ1) is 16.2. The van der Waals surface area contributed by atoms with E-state index in [1.54, 1.807) is 23.0 Å². The van der Waals surface area contributed by atoms with Crippen LogP contribution in [0, 0.1) is 10.1 Å². The lowest BCUT2D eigenvalue weighted by molar-refractivity contribution is -0.384. The van der Waals surface area contributed by atoms with E-state index in [1.807, 2.05) is 12.1 Å². The Morgan fingerprint density at radius 2 is 2.12 bits per heavy atom. The lowest BCUT2D eigenvalue weighted by Crippen LogP contribution is -2.48. The van der Waals surface area contributed by atoms with Crippen LogP contribution in [0.15, 0.2) is 53.1 Å². The summed E-state index contributed by atoms with van der Waals surface area (Å²) >= 11 is 3.54. The molecule has 1 fully saturated rings. The number of nitrogens with one attached hydrogen (secondary N) is 1. The number of aromatic nitrogens is 2. The number of nitro benzene ring substituents is 1. The van der Waals surface area contributed by atoms with Crippen LogP contribution in [-0.2, 0) is 12.2 Å². The van der Waals surface area contributed by atoms with Crippen LogP contribution in [-0.4, -0.2) is 14.7 Å². The summed E-state index contributed by atoms with van der Waals surface area (Å²) in [5.74, 6) is 0. The highest BCUT2D eigenvalue weighted by Crippen LogP contribution is 2.42. The van der Waals surface area contributed by atoms with E-state index in [0.717, 1.165) is 28.2 Å². The molecule has 0 atom stereocenters. The number of non-ortho nitro benzene ring substituents is 1. The van der Waals surface area contributed by atoms with Crippen LogP contribution in [0.5, 0.6) is 0 Å². The third-order valence-electron chi connectivity index (χ3n) is 4.99. The van der Waals surface area contributed by atoms with Gasteiger partial charge in [0.25, 0.3) is 5.69 Å². The predicted octanol–water partition coefficient (Wildman–Crippen LogP) is 4.33. The summed E-state index contributed by atoms with van der Waals surface area (Å²) in [4.78, 5) is 10.6. The fourth-order valence-corrected chi connectivity index (χ4v) is 3.81. The van der Waals surface area contributed by atoms with Gasteiger partial charge in [-0.3, -0.25) is 20.1 Å². The minimum atomic E-state index is -0.376. The summed E-state index contributed by atoms with van der Waals surface area (Å²) in [5.41, 5.74) is 2.06. The molecule has 3 aromatic rings. The van der Waals surface area contributed by atoms with Crippen molar-refractivity contribution in [3.63, 3.8) is 0 Å². The Hall–Kier alpha value is -2.25. The number of hydrogen-bond acceptors (Lipinski definition) is 4. The topological polar surface area (TPSA) is 73.0 Å². The second-order valence-corrected chi connectivity index (χ2v) is 7.34. The highest BCUT2D eigenvalue weighted by Gasteiger charge is 2.38. The summed E-state index contributed by atoms with van der Waals surface area (Å²) in [5, 5.41) is 19.9. The lowest BCUT2D eigenvalue weighted by Gasteiger charge is -2.43. The van der Waals surface area contributed by atoms with Gasteiger partial charge < -0.3 is 0 Å². The molecule has 128 valence electrons. The zero-order chi connectivity index (χ0) is 17.4. The maximum atomic E-state index is 11.0. The summed E-state index contributed by atoms with van der Waals surface area (Å²) < 4.78 is 2.86. The predicted molar refractivity (Wildman–Crippen MR) is 99.2 cm³/mol. The molecule has 0 amide bonds. The van der Waals surface area contributed by atoms with Gasteiger partial charge in [-0.15, -0.1) is 0 Å². The van der Waals surface area contributed by atoms with Crippen molar-refractivity contribution in [1.29, 1.82) is 0 Å². The van der Waals surface area contributed by atoms with Crippen molar-refractivity contribution in [3.8, 4) is 0 Å². The molecule has 1 saturated carbocycles. The third-order valence-corrected chi connectivity index (χ3v) is 5.48. The Morgan fingerprint density at radius 1 is 1.28 bits per heavy atom. The zero-order valence-electron chi connectivity index (χ0n) is 13.5. The average Bonchev–Trinajstić information content (AvgIpc) is 2.96. The highest BCUT2D eigenvalue weighted by atomic mass is 79.9. The molecule has 25 heavy (non-hydrogen) atoms. The fraction of sp³-hybridized carbons (Fsp3) is 0.278. The number of benzene rings is 2. The molecule has 2 aromatic carbocycles. The molecule has 1 heterocycles. The van der Waals surface area contributed by atoms with Gasteiger partial charge in [-0.2, -0.15) is 5.10 Å². The molecular weight excluding hydrogens is 384 g/mol. The van der Waals surface area contributed by atoms with Gasteiger partial charge in [-0.25, -0.2) is 0 Å². The third kappa shape index (κ3) is 2.94. The molecule has 0 radical (unpaired) electrons. The highest BCUT2D eigenvalue weighted by molar-refractivity contribution is 9.10. The van der Waals surface area contributed by atoms with Crippen LogP contribution in [0.3, 0.4) is 0 Å². The van der Waals surface area contributed by atoms with Gasteiger partial charge in [0.15, 0.2) is 0 Å². The Bertz CT molecular complexity index is 949. The Morgan fingerprint density at radius 3 is 2.80 bits per heavy atom. The van der Waals surface area contributed by atoms with Crippen molar-refractivity contribution < 1.29 is 4.92 Å². The van der Waals surface area contributed by atoms with Gasteiger partial charge in [0.2, 0.25) is 0 Å². The van der Waals surface area contributed by atoms with Crippen LogP contribution in [0.1, 0.15) is 24.8 Å². The molecule has 0 aliphatic heterocycles. The molecule has 1 aromatic heterocycles. The monoisotopic (exact) mass is 400 g/mol. The van der Waals surface area contributed by atoms with Crippen LogP contribution in [0.2, 0.25) is 0 Å². The summed E-state index contributed by atoms with van der Waals surface area (Å²) in [6.45, 7) is 0.511. The Kier molecular flexibility index (Phi) is 4.05. The fourth-order valence-electron chi connectivity index (χ4n) is 3.41. The summed E-state index contributed by atoms with van der Waals surface area (Å²) in [6.07, 6.45) is 5.07. The van der Waals surface area contributed by atoms with Crippen LogP contribution < -0.4 is 5.32 Å². The molecule has 7 heteroatoms. The van der Waals surface area contributed by atoms with E-state index in [0.29, 0.717) is 6.67 Å². The number of fused-ring (bicyclic) bond motifs is 1. The molecule has 0 spiro atoms. The van der Waals surface area contributed by atoms with Crippen molar-refractivity contribution in [1.82, 2.24) is 15.1 Å². The van der Waals surface area contributed by atoms with Crippen LogP contribution in [0.4, 0.5) is 5.69 Å². The minimum Gasteiger partial charge on any atom is -0.289 e. The molecule has 6 nitrogen and oxygen atoms in total. The molecular formula is C18H17BrN4O2. The molecule has 1 aliphatic carbocycles. The smallest absolute Gasteiger partial charge is 0.271 e. The second kappa shape index (κ2) is 6.24. The van der Waals surface area contributed by atoms with E-state index in [9.17, 15) is 10.1 Å². The van der Waals surface area contributed by atoms with Gasteiger partial charge in [0.1, 0.15) is 0 Å². The van der Waals surface area contributed by atoms with E-state index < -0.39 is 0 Å². The van der Waals surface area contributed by atoms with Crippen molar-refractivity contribution in [2.75, 3.05) is 0 Å². The lowest BCUT2D eigenvalue weighted by atomic mass is 9.72. The van der Waals surface area contributed by atoms with E-state index in [4.69, 9.17) is 0 Å². The van der Waals surface area contributed by atoms with Crippen molar-refractivity contribution in [2.45, 2.75) is 31.5 Å². The molecule has 1 aliphatic rings. The van der Waals surface area contributed by atoms with Crippen molar-refractivity contribution in [2.24, 2.45) is 0 Å². The Labute approximate surface area is 153 Å². The van der Waals surface area contributed by atoms with Crippen molar-refractivity contribution >= 4 is 32.5 Å². The number of hydrogen-bond donors (Lipinski definition) is 1. The first-order valence-electron chi connectivity index (χ1n) is 8.18. The van der Waals surface area contributed by atoms with Crippen molar-refractivity contribution in [3.05, 3.63) is 68.8 Å².